The monoisotopic (exact) mass is 423 g/mol. The summed E-state index contributed by atoms with van der Waals surface area (Å²) in [6.07, 6.45) is -7.34. The minimum atomic E-state index is -2.00. The van der Waals surface area contributed by atoms with Crippen LogP contribution in [0.4, 0.5) is 0 Å². The van der Waals surface area contributed by atoms with Crippen LogP contribution in [-0.4, -0.2) is 119 Å². The molecular formula is C18H33NO10. The molecule has 9 unspecified atom stereocenters. The Bertz CT molecular complexity index is 521. The van der Waals surface area contributed by atoms with E-state index in [0.717, 1.165) is 6.42 Å². The SMILES string of the molecule is COC1C(CO)OC(OC2C(O)COC(O)(CNCCC3CC3)C2O)C(O)C1O. The van der Waals surface area contributed by atoms with Gasteiger partial charge in [-0.3, -0.25) is 0 Å². The zero-order valence-corrected chi connectivity index (χ0v) is 16.5. The number of ether oxygens (including phenoxy) is 4. The van der Waals surface area contributed by atoms with Gasteiger partial charge in [0.05, 0.1) is 19.8 Å². The largest absolute Gasteiger partial charge is 0.394 e. The van der Waals surface area contributed by atoms with Crippen LogP contribution >= 0.6 is 0 Å². The molecule has 11 heteroatoms. The molecule has 0 radical (unpaired) electrons. The highest BCUT2D eigenvalue weighted by atomic mass is 16.7. The number of methoxy groups -OCH3 is 1. The Labute approximate surface area is 169 Å². The Kier molecular flexibility index (Phi) is 7.84. The lowest BCUT2D eigenvalue weighted by Gasteiger charge is -2.47. The number of rotatable bonds is 9. The predicted molar refractivity (Wildman–Crippen MR) is 96.6 cm³/mol. The maximum atomic E-state index is 10.7. The molecule has 3 fully saturated rings. The normalized spacial score (nSPS) is 46.0. The molecule has 0 bridgehead atoms. The summed E-state index contributed by atoms with van der Waals surface area (Å²) in [5.74, 6) is -1.30. The lowest BCUT2D eigenvalue weighted by Crippen LogP contribution is -2.67. The lowest BCUT2D eigenvalue weighted by molar-refractivity contribution is -0.368. The fourth-order valence-electron chi connectivity index (χ4n) is 3.79. The van der Waals surface area contributed by atoms with Crippen LogP contribution in [0.2, 0.25) is 0 Å². The molecule has 1 saturated carbocycles. The summed E-state index contributed by atoms with van der Waals surface area (Å²) in [6, 6.07) is 0. The molecule has 170 valence electrons. The topological polar surface area (TPSA) is 170 Å². The molecular weight excluding hydrogens is 390 g/mol. The number of hydrogen-bond donors (Lipinski definition) is 7. The standard InChI is InChI=1S/C18H33NO10/c1-26-15-11(6-20)28-17(13(23)12(15)22)29-14-10(21)7-27-18(25,16(14)24)8-19-5-4-9-2-3-9/h9-17,19-25H,2-8H2,1H3. The van der Waals surface area contributed by atoms with Crippen LogP contribution in [0.3, 0.4) is 0 Å². The summed E-state index contributed by atoms with van der Waals surface area (Å²) in [7, 11) is 1.30. The van der Waals surface area contributed by atoms with Crippen LogP contribution in [0.25, 0.3) is 0 Å². The third-order valence-electron chi connectivity index (χ3n) is 5.85. The van der Waals surface area contributed by atoms with Crippen molar-refractivity contribution in [2.75, 3.05) is 33.4 Å². The smallest absolute Gasteiger partial charge is 0.207 e. The number of aliphatic hydroxyl groups excluding tert-OH is 5. The number of aliphatic hydroxyl groups is 6. The highest BCUT2D eigenvalue weighted by molar-refractivity contribution is 4.96. The summed E-state index contributed by atoms with van der Waals surface area (Å²) in [4.78, 5) is 0. The molecule has 11 nitrogen and oxygen atoms in total. The van der Waals surface area contributed by atoms with E-state index in [1.165, 1.54) is 20.0 Å². The summed E-state index contributed by atoms with van der Waals surface area (Å²) >= 11 is 0. The molecule has 3 aliphatic rings. The van der Waals surface area contributed by atoms with E-state index < -0.39 is 61.4 Å². The van der Waals surface area contributed by atoms with Gasteiger partial charge in [-0.25, -0.2) is 0 Å². The zero-order chi connectivity index (χ0) is 21.2. The van der Waals surface area contributed by atoms with Gasteiger partial charge in [-0.05, 0) is 18.9 Å². The lowest BCUT2D eigenvalue weighted by atomic mass is 9.95. The Morgan fingerprint density at radius 2 is 1.83 bits per heavy atom. The average molecular weight is 423 g/mol. The number of nitrogens with one attached hydrogen (secondary N) is 1. The fraction of sp³-hybridized carbons (Fsp3) is 1.00. The molecule has 2 heterocycles. The third-order valence-corrected chi connectivity index (χ3v) is 5.85. The molecule has 3 rings (SSSR count). The molecule has 7 N–H and O–H groups in total. The van der Waals surface area contributed by atoms with E-state index in [2.05, 4.69) is 5.32 Å². The quantitative estimate of drug-likeness (QED) is 0.185. The first-order valence-corrected chi connectivity index (χ1v) is 10.0. The molecule has 2 aliphatic heterocycles. The highest BCUT2D eigenvalue weighted by Gasteiger charge is 2.53. The van der Waals surface area contributed by atoms with Crippen molar-refractivity contribution in [3.8, 4) is 0 Å². The molecule has 29 heavy (non-hydrogen) atoms. The molecule has 0 aromatic heterocycles. The van der Waals surface area contributed by atoms with Gasteiger partial charge in [-0.15, -0.1) is 0 Å². The molecule has 0 aromatic rings. The second-order valence-electron chi connectivity index (χ2n) is 8.08. The van der Waals surface area contributed by atoms with Gasteiger partial charge in [-0.2, -0.15) is 0 Å². The van der Waals surface area contributed by atoms with E-state index in [1.54, 1.807) is 0 Å². The molecule has 0 amide bonds. The van der Waals surface area contributed by atoms with Crippen LogP contribution in [0.5, 0.6) is 0 Å². The molecule has 0 spiro atoms. The van der Waals surface area contributed by atoms with Gasteiger partial charge in [0, 0.05) is 7.11 Å². The van der Waals surface area contributed by atoms with E-state index in [-0.39, 0.29) is 13.2 Å². The van der Waals surface area contributed by atoms with Crippen LogP contribution in [0.1, 0.15) is 19.3 Å². The van der Waals surface area contributed by atoms with Crippen molar-refractivity contribution in [1.82, 2.24) is 5.32 Å². The first-order chi connectivity index (χ1) is 13.8. The zero-order valence-electron chi connectivity index (χ0n) is 16.5. The van der Waals surface area contributed by atoms with Gasteiger partial charge in [0.2, 0.25) is 5.79 Å². The minimum Gasteiger partial charge on any atom is -0.394 e. The first kappa shape index (κ1) is 23.2. The fourth-order valence-corrected chi connectivity index (χ4v) is 3.79. The second-order valence-corrected chi connectivity index (χ2v) is 8.08. The second kappa shape index (κ2) is 9.79. The van der Waals surface area contributed by atoms with Crippen molar-refractivity contribution < 1.29 is 49.6 Å². The van der Waals surface area contributed by atoms with Crippen LogP contribution in [-0.2, 0) is 18.9 Å². The van der Waals surface area contributed by atoms with Crippen LogP contribution < -0.4 is 5.32 Å². The van der Waals surface area contributed by atoms with Gasteiger partial charge in [0.1, 0.15) is 42.7 Å². The van der Waals surface area contributed by atoms with E-state index in [4.69, 9.17) is 18.9 Å². The Hall–Kier alpha value is -0.440. The first-order valence-electron chi connectivity index (χ1n) is 10.0. The van der Waals surface area contributed by atoms with Crippen molar-refractivity contribution in [2.45, 2.75) is 74.1 Å². The van der Waals surface area contributed by atoms with Gasteiger partial charge in [-0.1, -0.05) is 12.8 Å². The minimum absolute atomic E-state index is 0.0742. The third kappa shape index (κ3) is 5.25. The van der Waals surface area contributed by atoms with Crippen molar-refractivity contribution in [3.05, 3.63) is 0 Å². The van der Waals surface area contributed by atoms with E-state index in [1.807, 2.05) is 0 Å². The Morgan fingerprint density at radius 3 is 2.45 bits per heavy atom. The van der Waals surface area contributed by atoms with Crippen molar-refractivity contribution >= 4 is 0 Å². The average Bonchev–Trinajstić information content (AvgIpc) is 3.53. The molecule has 2 saturated heterocycles. The summed E-state index contributed by atoms with van der Waals surface area (Å²) in [6.45, 7) is -0.229. The van der Waals surface area contributed by atoms with Gasteiger partial charge in [0.15, 0.2) is 6.29 Å². The molecule has 0 aromatic carbocycles. The van der Waals surface area contributed by atoms with Crippen LogP contribution in [0, 0.1) is 5.92 Å². The van der Waals surface area contributed by atoms with Gasteiger partial charge < -0.3 is 54.9 Å². The van der Waals surface area contributed by atoms with Gasteiger partial charge >= 0.3 is 0 Å². The maximum Gasteiger partial charge on any atom is 0.207 e. The van der Waals surface area contributed by atoms with E-state index in [9.17, 15) is 30.6 Å². The number of hydrogen-bond acceptors (Lipinski definition) is 11. The maximum absolute atomic E-state index is 10.7. The Morgan fingerprint density at radius 1 is 1.10 bits per heavy atom. The molecule has 9 atom stereocenters. The van der Waals surface area contributed by atoms with Crippen molar-refractivity contribution in [3.63, 3.8) is 0 Å². The predicted octanol–water partition coefficient (Wildman–Crippen LogP) is -3.34. The highest BCUT2D eigenvalue weighted by Crippen LogP contribution is 2.32. The molecule has 1 aliphatic carbocycles. The van der Waals surface area contributed by atoms with Crippen LogP contribution in [0.15, 0.2) is 0 Å². The summed E-state index contributed by atoms with van der Waals surface area (Å²) < 4.78 is 21.3. The van der Waals surface area contributed by atoms with Gasteiger partial charge in [0.25, 0.3) is 0 Å². The van der Waals surface area contributed by atoms with Crippen molar-refractivity contribution in [1.29, 1.82) is 0 Å². The summed E-state index contributed by atoms with van der Waals surface area (Å²) in [5, 5.41) is 64.5. The Balaban J connectivity index is 1.61. The van der Waals surface area contributed by atoms with Crippen molar-refractivity contribution in [2.24, 2.45) is 5.92 Å². The van der Waals surface area contributed by atoms with E-state index >= 15 is 0 Å². The summed E-state index contributed by atoms with van der Waals surface area (Å²) in [5.41, 5.74) is 0. The van der Waals surface area contributed by atoms with E-state index in [0.29, 0.717) is 12.5 Å².